The summed E-state index contributed by atoms with van der Waals surface area (Å²) in [5.41, 5.74) is 4.73. The molecule has 11 heteroatoms. The Labute approximate surface area is 237 Å². The molecule has 0 fully saturated rings. The summed E-state index contributed by atoms with van der Waals surface area (Å²) in [5.74, 6) is -0.602. The molecule has 0 aliphatic carbocycles. The lowest BCUT2D eigenvalue weighted by atomic mass is 9.86. The van der Waals surface area contributed by atoms with Crippen molar-refractivity contribution in [1.82, 2.24) is 4.31 Å². The molecule has 1 N–H and O–H groups in total. The molecule has 3 aromatic rings. The number of rotatable bonds is 7. The van der Waals surface area contributed by atoms with E-state index in [1.165, 1.54) is 30.2 Å². The maximum absolute atomic E-state index is 12.8. The second-order valence-electron chi connectivity index (χ2n) is 8.91. The first-order valence-electron chi connectivity index (χ1n) is 11.6. The van der Waals surface area contributed by atoms with Gasteiger partial charge in [-0.05, 0) is 54.8 Å². The first-order valence-corrected chi connectivity index (χ1v) is 14.8. The zero-order valence-corrected chi connectivity index (χ0v) is 24.3. The van der Waals surface area contributed by atoms with Crippen molar-refractivity contribution < 1.29 is 13.2 Å². The molecule has 198 valence electrons. The van der Waals surface area contributed by atoms with Gasteiger partial charge in [-0.25, -0.2) is 12.7 Å². The monoisotopic (exact) mass is 588 g/mol. The summed E-state index contributed by atoms with van der Waals surface area (Å²) in [6, 6.07) is 17.7. The fourth-order valence-corrected chi connectivity index (χ4v) is 6.46. The van der Waals surface area contributed by atoms with Crippen molar-refractivity contribution in [3.8, 4) is 0 Å². The Morgan fingerprint density at radius 1 is 0.974 bits per heavy atom. The summed E-state index contributed by atoms with van der Waals surface area (Å²) in [6.07, 6.45) is 0. The van der Waals surface area contributed by atoms with E-state index in [1.54, 1.807) is 36.4 Å². The van der Waals surface area contributed by atoms with E-state index in [-0.39, 0.29) is 22.5 Å². The number of aryl methyl sites for hydroxylation is 2. The molecule has 7 nitrogen and oxygen atoms in total. The second-order valence-corrected chi connectivity index (χ2v) is 12.9. The molecule has 1 amide bonds. The Kier molecular flexibility index (Phi) is 8.64. The number of hydrogen-bond donors (Lipinski definition) is 1. The average Bonchev–Trinajstić information content (AvgIpc) is 3.28. The highest BCUT2D eigenvalue weighted by Crippen LogP contribution is 2.37. The lowest BCUT2D eigenvalue weighted by molar-refractivity contribution is -0.113. The highest BCUT2D eigenvalue weighted by molar-refractivity contribution is 8.14. The summed E-state index contributed by atoms with van der Waals surface area (Å²) in [5, 5.41) is 13.0. The van der Waals surface area contributed by atoms with Crippen molar-refractivity contribution in [3.05, 3.63) is 93.0 Å². The molecule has 0 saturated heterocycles. The van der Waals surface area contributed by atoms with Crippen molar-refractivity contribution in [2.24, 2.45) is 10.2 Å². The second kappa shape index (κ2) is 11.6. The number of benzene rings is 3. The van der Waals surface area contributed by atoms with Gasteiger partial charge in [0, 0.05) is 19.7 Å². The predicted molar refractivity (Wildman–Crippen MR) is 157 cm³/mol. The van der Waals surface area contributed by atoms with Crippen LogP contribution in [0.3, 0.4) is 0 Å². The van der Waals surface area contributed by atoms with Crippen LogP contribution < -0.4 is 5.32 Å². The van der Waals surface area contributed by atoms with Crippen molar-refractivity contribution in [2.75, 3.05) is 25.2 Å². The van der Waals surface area contributed by atoms with E-state index in [4.69, 9.17) is 23.2 Å². The van der Waals surface area contributed by atoms with Gasteiger partial charge in [-0.3, -0.25) is 4.79 Å². The van der Waals surface area contributed by atoms with E-state index in [2.05, 4.69) is 15.5 Å². The molecule has 0 bridgehead atoms. The van der Waals surface area contributed by atoms with Gasteiger partial charge in [0.05, 0.1) is 38.0 Å². The zero-order valence-electron chi connectivity index (χ0n) is 21.2. The Hall–Kier alpha value is -2.69. The number of para-hydroxylation sites is 1. The van der Waals surface area contributed by atoms with Crippen LogP contribution in [0.5, 0.6) is 0 Å². The first-order chi connectivity index (χ1) is 18.0. The SMILES string of the molecule is Cc1cccc(C)c1C1C(SCC(=O)Nc2c(Cl)cccc2Cl)=NN=C1c1cccc(S(=O)(=O)N(C)C)c1. The highest BCUT2D eigenvalue weighted by Gasteiger charge is 2.33. The number of carbonyl (C=O) groups excluding carboxylic acids is 1. The minimum atomic E-state index is -3.64. The smallest absolute Gasteiger partial charge is 0.242 e. The Morgan fingerprint density at radius 2 is 1.58 bits per heavy atom. The van der Waals surface area contributed by atoms with Gasteiger partial charge in [0.25, 0.3) is 0 Å². The van der Waals surface area contributed by atoms with Crippen molar-refractivity contribution in [2.45, 2.75) is 24.7 Å². The van der Waals surface area contributed by atoms with E-state index in [1.807, 2.05) is 38.1 Å². The normalized spacial score (nSPS) is 15.4. The number of anilines is 1. The Morgan fingerprint density at radius 3 is 2.21 bits per heavy atom. The standard InChI is InChI=1S/C27H26Cl2N4O3S2/c1-16-8-5-9-17(2)23(16)24-25(18-10-6-11-19(14-18)38(35,36)33(3)4)31-32-27(24)37-15-22(34)30-26-20(28)12-7-13-21(26)29/h5-14,24H,15H2,1-4H3,(H,30,34). The van der Waals surface area contributed by atoms with Gasteiger partial charge in [0.15, 0.2) is 0 Å². The molecule has 1 unspecified atom stereocenters. The summed E-state index contributed by atoms with van der Waals surface area (Å²) in [7, 11) is -0.651. The third-order valence-electron chi connectivity index (χ3n) is 6.09. The van der Waals surface area contributed by atoms with Crippen LogP contribution in [0.25, 0.3) is 0 Å². The number of halogens is 2. The molecule has 38 heavy (non-hydrogen) atoms. The molecular weight excluding hydrogens is 563 g/mol. The van der Waals surface area contributed by atoms with Crippen LogP contribution in [0, 0.1) is 13.8 Å². The first kappa shape index (κ1) is 28.3. The number of hydrogen-bond acceptors (Lipinski definition) is 6. The molecule has 1 heterocycles. The molecule has 0 saturated carbocycles. The van der Waals surface area contributed by atoms with Gasteiger partial charge in [-0.15, -0.1) is 5.10 Å². The predicted octanol–water partition coefficient (Wildman–Crippen LogP) is 6.13. The number of carbonyl (C=O) groups is 1. The van der Waals surface area contributed by atoms with Crippen LogP contribution >= 0.6 is 35.0 Å². The van der Waals surface area contributed by atoms with Gasteiger partial charge in [-0.1, -0.05) is 71.4 Å². The van der Waals surface area contributed by atoms with E-state index in [0.717, 1.165) is 16.7 Å². The van der Waals surface area contributed by atoms with Crippen LogP contribution in [0.1, 0.15) is 28.2 Å². The molecule has 1 atom stereocenters. The number of thioether (sulfide) groups is 1. The molecule has 1 aliphatic heterocycles. The summed E-state index contributed by atoms with van der Waals surface area (Å²) < 4.78 is 26.8. The lowest BCUT2D eigenvalue weighted by Gasteiger charge is -2.21. The third-order valence-corrected chi connectivity index (χ3v) is 9.55. The Balaban J connectivity index is 1.65. The van der Waals surface area contributed by atoms with Crippen LogP contribution in [-0.4, -0.2) is 49.2 Å². The Bertz CT molecular complexity index is 1530. The molecule has 1 aliphatic rings. The number of nitrogens with one attached hydrogen (secondary N) is 1. The summed E-state index contributed by atoms with van der Waals surface area (Å²) in [4.78, 5) is 13.0. The van der Waals surface area contributed by atoms with Crippen molar-refractivity contribution in [1.29, 1.82) is 0 Å². The number of nitrogens with zero attached hydrogens (tertiary/aromatic N) is 3. The van der Waals surface area contributed by atoms with E-state index < -0.39 is 10.0 Å². The molecule has 0 spiro atoms. The van der Waals surface area contributed by atoms with Gasteiger partial charge >= 0.3 is 0 Å². The van der Waals surface area contributed by atoms with Gasteiger partial charge in [-0.2, -0.15) is 5.10 Å². The minimum absolute atomic E-state index is 0.0552. The fraction of sp³-hybridized carbons (Fsp3) is 0.222. The lowest BCUT2D eigenvalue weighted by Crippen LogP contribution is -2.24. The van der Waals surface area contributed by atoms with Gasteiger partial charge in [0.1, 0.15) is 5.04 Å². The van der Waals surface area contributed by atoms with Crippen LogP contribution in [0.2, 0.25) is 10.0 Å². The zero-order chi connectivity index (χ0) is 27.6. The van der Waals surface area contributed by atoms with E-state index >= 15 is 0 Å². The van der Waals surface area contributed by atoms with Crippen LogP contribution in [0.4, 0.5) is 5.69 Å². The van der Waals surface area contributed by atoms with E-state index in [0.29, 0.717) is 32.1 Å². The fourth-order valence-electron chi connectivity index (χ4n) is 4.17. The summed E-state index contributed by atoms with van der Waals surface area (Å²) >= 11 is 13.7. The molecule has 4 rings (SSSR count). The largest absolute Gasteiger partial charge is 0.323 e. The molecule has 0 radical (unpaired) electrons. The quantitative estimate of drug-likeness (QED) is 0.359. The molecular formula is C27H26Cl2N4O3S2. The molecule has 0 aromatic heterocycles. The summed E-state index contributed by atoms with van der Waals surface area (Å²) in [6.45, 7) is 4.03. The molecule has 3 aromatic carbocycles. The van der Waals surface area contributed by atoms with Crippen molar-refractivity contribution >= 4 is 67.3 Å². The van der Waals surface area contributed by atoms with Crippen LogP contribution in [0.15, 0.2) is 75.8 Å². The van der Waals surface area contributed by atoms with Crippen LogP contribution in [-0.2, 0) is 14.8 Å². The van der Waals surface area contributed by atoms with E-state index in [9.17, 15) is 13.2 Å². The average molecular weight is 590 g/mol. The number of amides is 1. The maximum atomic E-state index is 12.8. The third kappa shape index (κ3) is 5.82. The number of sulfonamides is 1. The maximum Gasteiger partial charge on any atom is 0.242 e. The van der Waals surface area contributed by atoms with Gasteiger partial charge in [0.2, 0.25) is 15.9 Å². The van der Waals surface area contributed by atoms with Gasteiger partial charge < -0.3 is 5.32 Å². The van der Waals surface area contributed by atoms with Crippen molar-refractivity contribution in [3.63, 3.8) is 0 Å². The topological polar surface area (TPSA) is 91.2 Å². The highest BCUT2D eigenvalue weighted by atomic mass is 35.5. The minimum Gasteiger partial charge on any atom is -0.323 e.